The summed E-state index contributed by atoms with van der Waals surface area (Å²) in [4.78, 5) is 2.66. The van der Waals surface area contributed by atoms with Crippen molar-refractivity contribution >= 4 is 32.7 Å². The van der Waals surface area contributed by atoms with Crippen molar-refractivity contribution in [2.24, 2.45) is 0 Å². The Balaban J connectivity index is 1.65. The smallest absolute Gasteiger partial charge is 0.214 e. The van der Waals surface area contributed by atoms with E-state index in [9.17, 15) is 13.5 Å². The summed E-state index contributed by atoms with van der Waals surface area (Å²) in [5.41, 5.74) is 0. The molecule has 0 spiro atoms. The van der Waals surface area contributed by atoms with Crippen LogP contribution in [0.3, 0.4) is 0 Å². The van der Waals surface area contributed by atoms with Gasteiger partial charge in [-0.2, -0.15) is 0 Å². The fourth-order valence-electron chi connectivity index (χ4n) is 1.89. The molecule has 4 nitrogen and oxygen atoms in total. The second-order valence-corrected chi connectivity index (χ2v) is 9.01. The van der Waals surface area contributed by atoms with Gasteiger partial charge in [0.05, 0.1) is 5.25 Å². The Kier molecular flexibility index (Phi) is 3.96. The minimum absolute atomic E-state index is 0.196. The van der Waals surface area contributed by atoms with Crippen LogP contribution in [0.2, 0.25) is 0 Å². The summed E-state index contributed by atoms with van der Waals surface area (Å²) in [6.45, 7) is 0.306. The molecule has 108 valence electrons. The molecule has 0 amide bonds. The van der Waals surface area contributed by atoms with Crippen LogP contribution in [0.5, 0.6) is 0 Å². The highest BCUT2D eigenvalue weighted by Crippen LogP contribution is 2.31. The van der Waals surface area contributed by atoms with Crippen molar-refractivity contribution in [1.82, 2.24) is 4.72 Å². The molecule has 2 heterocycles. The highest BCUT2D eigenvalue weighted by atomic mass is 32.2. The first-order valence-electron chi connectivity index (χ1n) is 6.35. The number of rotatable bonds is 6. The Hall–Kier alpha value is -0.730. The number of thiophene rings is 2. The predicted molar refractivity (Wildman–Crippen MR) is 81.5 cm³/mol. The van der Waals surface area contributed by atoms with Crippen LogP contribution in [0.15, 0.2) is 29.6 Å². The number of hydrogen-bond donors (Lipinski definition) is 2. The SMILES string of the molecule is O=S(=O)(NCc1ccc([C@H](O)c2cccs2)s1)C1CC1. The van der Waals surface area contributed by atoms with Crippen molar-refractivity contribution in [3.8, 4) is 0 Å². The van der Waals surface area contributed by atoms with E-state index in [1.165, 1.54) is 22.7 Å². The molecule has 1 aliphatic rings. The molecule has 2 aromatic rings. The van der Waals surface area contributed by atoms with E-state index in [0.29, 0.717) is 6.54 Å². The number of aliphatic hydroxyl groups excluding tert-OH is 1. The summed E-state index contributed by atoms with van der Waals surface area (Å²) in [5, 5.41) is 11.9. The molecule has 1 aliphatic carbocycles. The van der Waals surface area contributed by atoms with Crippen LogP contribution in [0, 0.1) is 0 Å². The quantitative estimate of drug-likeness (QED) is 0.855. The molecule has 0 saturated heterocycles. The molecule has 0 radical (unpaired) electrons. The number of sulfonamides is 1. The third kappa shape index (κ3) is 3.12. The van der Waals surface area contributed by atoms with Crippen molar-refractivity contribution in [1.29, 1.82) is 0 Å². The second-order valence-electron chi connectivity index (χ2n) is 4.79. The van der Waals surface area contributed by atoms with Crippen molar-refractivity contribution in [3.05, 3.63) is 44.3 Å². The van der Waals surface area contributed by atoms with Gasteiger partial charge in [-0.1, -0.05) is 6.07 Å². The lowest BCUT2D eigenvalue weighted by Crippen LogP contribution is -2.26. The molecule has 1 atom stereocenters. The van der Waals surface area contributed by atoms with E-state index in [4.69, 9.17) is 0 Å². The summed E-state index contributed by atoms with van der Waals surface area (Å²) >= 11 is 2.95. The topological polar surface area (TPSA) is 66.4 Å². The minimum atomic E-state index is -3.14. The molecule has 1 saturated carbocycles. The largest absolute Gasteiger partial charge is 0.382 e. The van der Waals surface area contributed by atoms with E-state index in [2.05, 4.69) is 4.72 Å². The fourth-order valence-corrected chi connectivity index (χ4v) is 5.09. The van der Waals surface area contributed by atoms with E-state index in [-0.39, 0.29) is 5.25 Å². The first kappa shape index (κ1) is 14.2. The van der Waals surface area contributed by atoms with Crippen LogP contribution in [0.25, 0.3) is 0 Å². The van der Waals surface area contributed by atoms with Gasteiger partial charge in [0.2, 0.25) is 10.0 Å². The lowest BCUT2D eigenvalue weighted by atomic mass is 10.2. The minimum Gasteiger partial charge on any atom is -0.382 e. The van der Waals surface area contributed by atoms with Gasteiger partial charge in [-0.15, -0.1) is 22.7 Å². The standard InChI is InChI=1S/C13H15NO3S3/c15-13(11-2-1-7-18-11)12-6-3-9(19-12)8-14-20(16,17)10-4-5-10/h1-3,6-7,10,13-15H,4-5,8H2/t13-/m1/s1. The molecule has 7 heteroatoms. The van der Waals surface area contributed by atoms with Crippen LogP contribution in [-0.4, -0.2) is 18.8 Å². The van der Waals surface area contributed by atoms with E-state index in [1.54, 1.807) is 0 Å². The predicted octanol–water partition coefficient (Wildman–Crippen LogP) is 2.47. The van der Waals surface area contributed by atoms with Gasteiger partial charge in [0.25, 0.3) is 0 Å². The fraction of sp³-hybridized carbons (Fsp3) is 0.385. The first-order chi connectivity index (χ1) is 9.56. The summed E-state index contributed by atoms with van der Waals surface area (Å²) in [6, 6.07) is 7.52. The lowest BCUT2D eigenvalue weighted by Gasteiger charge is -2.05. The number of nitrogens with one attached hydrogen (secondary N) is 1. The molecular formula is C13H15NO3S3. The first-order valence-corrected chi connectivity index (χ1v) is 9.59. The lowest BCUT2D eigenvalue weighted by molar-refractivity contribution is 0.228. The van der Waals surface area contributed by atoms with Gasteiger partial charge >= 0.3 is 0 Å². The summed E-state index contributed by atoms with van der Waals surface area (Å²) in [6.07, 6.45) is 0.915. The monoisotopic (exact) mass is 329 g/mol. The molecule has 0 bridgehead atoms. The molecule has 0 aliphatic heterocycles. The zero-order valence-electron chi connectivity index (χ0n) is 10.7. The highest BCUT2D eigenvalue weighted by Gasteiger charge is 2.35. The molecule has 2 aromatic heterocycles. The van der Waals surface area contributed by atoms with Crippen LogP contribution in [-0.2, 0) is 16.6 Å². The van der Waals surface area contributed by atoms with Gasteiger partial charge in [-0.05, 0) is 36.4 Å². The molecule has 0 unspecified atom stereocenters. The van der Waals surface area contributed by atoms with Crippen molar-refractivity contribution in [2.75, 3.05) is 0 Å². The maximum atomic E-state index is 11.7. The summed E-state index contributed by atoms with van der Waals surface area (Å²) in [5.74, 6) is 0. The Morgan fingerprint density at radius 1 is 1.30 bits per heavy atom. The Morgan fingerprint density at radius 3 is 2.75 bits per heavy atom. The summed E-state index contributed by atoms with van der Waals surface area (Å²) in [7, 11) is -3.14. The average molecular weight is 329 g/mol. The zero-order valence-corrected chi connectivity index (χ0v) is 13.1. The van der Waals surface area contributed by atoms with E-state index in [1.807, 2.05) is 29.6 Å². The maximum Gasteiger partial charge on any atom is 0.214 e. The van der Waals surface area contributed by atoms with Gasteiger partial charge in [0.1, 0.15) is 6.10 Å². The van der Waals surface area contributed by atoms with Crippen LogP contribution in [0.1, 0.15) is 33.6 Å². The van der Waals surface area contributed by atoms with Gasteiger partial charge < -0.3 is 5.11 Å². The maximum absolute atomic E-state index is 11.7. The Morgan fingerprint density at radius 2 is 2.10 bits per heavy atom. The highest BCUT2D eigenvalue weighted by molar-refractivity contribution is 7.90. The van der Waals surface area contributed by atoms with Gasteiger partial charge in [-0.25, -0.2) is 13.1 Å². The van der Waals surface area contributed by atoms with Crippen molar-refractivity contribution in [2.45, 2.75) is 30.7 Å². The molecule has 2 N–H and O–H groups in total. The third-order valence-corrected chi connectivity index (χ3v) is 7.13. The average Bonchev–Trinajstić information content (AvgIpc) is 2.98. The van der Waals surface area contributed by atoms with E-state index in [0.717, 1.165) is 27.5 Å². The molecular weight excluding hydrogens is 314 g/mol. The van der Waals surface area contributed by atoms with Crippen LogP contribution >= 0.6 is 22.7 Å². The Labute approximate surface area is 126 Å². The number of hydrogen-bond acceptors (Lipinski definition) is 5. The normalized spacial score (nSPS) is 17.2. The van der Waals surface area contributed by atoms with Gasteiger partial charge in [-0.3, -0.25) is 0 Å². The van der Waals surface area contributed by atoms with Crippen LogP contribution in [0.4, 0.5) is 0 Å². The van der Waals surface area contributed by atoms with Crippen molar-refractivity contribution < 1.29 is 13.5 Å². The summed E-state index contributed by atoms with van der Waals surface area (Å²) < 4.78 is 26.1. The number of aliphatic hydroxyl groups is 1. The zero-order chi connectivity index (χ0) is 14.2. The van der Waals surface area contributed by atoms with Gasteiger partial charge in [0.15, 0.2) is 0 Å². The second kappa shape index (κ2) is 5.57. The molecule has 3 rings (SSSR count). The van der Waals surface area contributed by atoms with Gasteiger partial charge in [0, 0.05) is 21.2 Å². The molecule has 0 aromatic carbocycles. The van der Waals surface area contributed by atoms with Crippen molar-refractivity contribution in [3.63, 3.8) is 0 Å². The Bertz CT molecular complexity index is 672. The molecule has 20 heavy (non-hydrogen) atoms. The van der Waals surface area contributed by atoms with E-state index < -0.39 is 16.1 Å². The molecule has 1 fully saturated rings. The van der Waals surface area contributed by atoms with E-state index >= 15 is 0 Å². The third-order valence-electron chi connectivity index (χ3n) is 3.18. The van der Waals surface area contributed by atoms with Crippen LogP contribution < -0.4 is 4.72 Å².